The standard InChI is InChI=1S/C19H21FN2O5S/c20-18-5-4-15(10-14(18)12-23)21-19(25)13-2-1-3-17(11-13)28(26,27)22-8-6-16(24)7-9-22/h1-5,10-11,16,23-24H,6-9,12H2,(H,21,25). The van der Waals surface area contributed by atoms with E-state index in [1.165, 1.54) is 40.7 Å². The van der Waals surface area contributed by atoms with Crippen LogP contribution in [0.5, 0.6) is 0 Å². The number of anilines is 1. The summed E-state index contributed by atoms with van der Waals surface area (Å²) in [6, 6.07) is 9.45. The molecule has 0 spiro atoms. The van der Waals surface area contributed by atoms with E-state index < -0.39 is 34.5 Å². The van der Waals surface area contributed by atoms with Crippen LogP contribution in [0, 0.1) is 5.82 Å². The Morgan fingerprint density at radius 3 is 2.57 bits per heavy atom. The highest BCUT2D eigenvalue weighted by molar-refractivity contribution is 7.89. The van der Waals surface area contributed by atoms with Gasteiger partial charge < -0.3 is 15.5 Å². The number of carbonyl (C=O) groups is 1. The molecule has 1 saturated heterocycles. The second-order valence-corrected chi connectivity index (χ2v) is 8.52. The van der Waals surface area contributed by atoms with Gasteiger partial charge in [0, 0.05) is 29.9 Å². The van der Waals surface area contributed by atoms with Gasteiger partial charge in [-0.3, -0.25) is 4.79 Å². The third-order valence-electron chi connectivity index (χ3n) is 4.63. The number of amides is 1. The SMILES string of the molecule is O=C(Nc1ccc(F)c(CO)c1)c1cccc(S(=O)(=O)N2CCC(O)CC2)c1. The molecular formula is C19H21FN2O5S. The van der Waals surface area contributed by atoms with E-state index >= 15 is 0 Å². The molecule has 0 radical (unpaired) electrons. The Morgan fingerprint density at radius 1 is 1.18 bits per heavy atom. The summed E-state index contributed by atoms with van der Waals surface area (Å²) < 4.78 is 40.3. The number of hydrogen-bond acceptors (Lipinski definition) is 5. The Balaban J connectivity index is 1.80. The van der Waals surface area contributed by atoms with Crippen molar-refractivity contribution in [3.63, 3.8) is 0 Å². The Hall–Kier alpha value is -2.33. The molecule has 0 saturated carbocycles. The molecule has 7 nitrogen and oxygen atoms in total. The van der Waals surface area contributed by atoms with Gasteiger partial charge in [0.25, 0.3) is 5.91 Å². The highest BCUT2D eigenvalue weighted by Gasteiger charge is 2.29. The predicted molar refractivity (Wildman–Crippen MR) is 101 cm³/mol. The molecule has 1 aliphatic heterocycles. The lowest BCUT2D eigenvalue weighted by atomic mass is 10.1. The largest absolute Gasteiger partial charge is 0.393 e. The van der Waals surface area contributed by atoms with E-state index in [0.717, 1.165) is 6.07 Å². The van der Waals surface area contributed by atoms with E-state index in [9.17, 15) is 22.7 Å². The van der Waals surface area contributed by atoms with Crippen LogP contribution < -0.4 is 5.32 Å². The molecule has 0 unspecified atom stereocenters. The van der Waals surface area contributed by atoms with Gasteiger partial charge >= 0.3 is 0 Å². The van der Waals surface area contributed by atoms with Crippen molar-refractivity contribution in [3.8, 4) is 0 Å². The maximum absolute atomic E-state index is 13.5. The minimum Gasteiger partial charge on any atom is -0.393 e. The van der Waals surface area contributed by atoms with Gasteiger partial charge in [-0.05, 0) is 49.2 Å². The molecule has 9 heteroatoms. The van der Waals surface area contributed by atoms with Gasteiger partial charge in [-0.25, -0.2) is 12.8 Å². The Kier molecular flexibility index (Phi) is 6.09. The van der Waals surface area contributed by atoms with Crippen molar-refractivity contribution in [1.29, 1.82) is 0 Å². The van der Waals surface area contributed by atoms with Crippen molar-refractivity contribution in [2.45, 2.75) is 30.4 Å². The van der Waals surface area contributed by atoms with Crippen LogP contribution in [0.2, 0.25) is 0 Å². The highest BCUT2D eigenvalue weighted by atomic mass is 32.2. The summed E-state index contributed by atoms with van der Waals surface area (Å²) in [4.78, 5) is 12.5. The predicted octanol–water partition coefficient (Wildman–Crippen LogP) is 1.72. The quantitative estimate of drug-likeness (QED) is 0.698. The number of aliphatic hydroxyl groups is 2. The molecule has 2 aromatic carbocycles. The highest BCUT2D eigenvalue weighted by Crippen LogP contribution is 2.22. The zero-order valence-electron chi connectivity index (χ0n) is 15.0. The Labute approximate surface area is 162 Å². The number of benzene rings is 2. The molecule has 3 N–H and O–H groups in total. The summed E-state index contributed by atoms with van der Waals surface area (Å²) in [5, 5.41) is 21.2. The third kappa shape index (κ3) is 4.39. The van der Waals surface area contributed by atoms with Crippen LogP contribution in [0.3, 0.4) is 0 Å². The summed E-state index contributed by atoms with van der Waals surface area (Å²) in [7, 11) is -3.77. The molecule has 150 valence electrons. The maximum atomic E-state index is 13.5. The number of nitrogens with zero attached hydrogens (tertiary/aromatic N) is 1. The molecule has 0 bridgehead atoms. The number of hydrogen-bond donors (Lipinski definition) is 3. The minimum atomic E-state index is -3.77. The zero-order chi connectivity index (χ0) is 20.3. The Morgan fingerprint density at radius 2 is 1.89 bits per heavy atom. The first-order valence-electron chi connectivity index (χ1n) is 8.80. The average molecular weight is 408 g/mol. The molecule has 1 aliphatic rings. The third-order valence-corrected chi connectivity index (χ3v) is 6.53. The molecule has 0 aliphatic carbocycles. The van der Waals surface area contributed by atoms with E-state index in [1.807, 2.05) is 0 Å². The second-order valence-electron chi connectivity index (χ2n) is 6.58. The number of aliphatic hydroxyl groups excluding tert-OH is 2. The Bertz CT molecular complexity index is 972. The molecule has 0 aromatic heterocycles. The van der Waals surface area contributed by atoms with Crippen LogP contribution in [-0.2, 0) is 16.6 Å². The van der Waals surface area contributed by atoms with Crippen molar-refractivity contribution >= 4 is 21.6 Å². The second kappa shape index (κ2) is 8.36. The molecule has 1 fully saturated rings. The molecule has 28 heavy (non-hydrogen) atoms. The fourth-order valence-electron chi connectivity index (χ4n) is 3.01. The fraction of sp³-hybridized carbons (Fsp3) is 0.316. The molecule has 1 amide bonds. The summed E-state index contributed by atoms with van der Waals surface area (Å²) in [6.45, 7) is -0.0628. The average Bonchev–Trinajstić information content (AvgIpc) is 2.70. The summed E-state index contributed by atoms with van der Waals surface area (Å²) >= 11 is 0. The van der Waals surface area contributed by atoms with Crippen molar-refractivity contribution in [2.75, 3.05) is 18.4 Å². The van der Waals surface area contributed by atoms with Crippen LogP contribution in [0.4, 0.5) is 10.1 Å². The van der Waals surface area contributed by atoms with Gasteiger partial charge in [-0.15, -0.1) is 0 Å². The smallest absolute Gasteiger partial charge is 0.255 e. The maximum Gasteiger partial charge on any atom is 0.255 e. The minimum absolute atomic E-state index is 0.00769. The number of sulfonamides is 1. The van der Waals surface area contributed by atoms with Gasteiger partial charge in [0.05, 0.1) is 17.6 Å². The first-order valence-corrected chi connectivity index (χ1v) is 10.2. The van der Waals surface area contributed by atoms with Crippen LogP contribution in [-0.4, -0.2) is 48.0 Å². The van der Waals surface area contributed by atoms with Crippen molar-refractivity contribution in [1.82, 2.24) is 4.31 Å². The number of halogens is 1. The van der Waals surface area contributed by atoms with E-state index in [4.69, 9.17) is 5.11 Å². The van der Waals surface area contributed by atoms with Crippen LogP contribution in [0.1, 0.15) is 28.8 Å². The van der Waals surface area contributed by atoms with Crippen molar-refractivity contribution in [2.24, 2.45) is 0 Å². The first kappa shape index (κ1) is 20.4. The van der Waals surface area contributed by atoms with E-state index in [1.54, 1.807) is 0 Å². The summed E-state index contributed by atoms with van der Waals surface area (Å²) in [5.74, 6) is -1.14. The summed E-state index contributed by atoms with van der Waals surface area (Å²) in [6.07, 6.45) is 0.247. The lowest BCUT2D eigenvalue weighted by Gasteiger charge is -2.28. The zero-order valence-corrected chi connectivity index (χ0v) is 15.8. The number of rotatable bonds is 5. The lowest BCUT2D eigenvalue weighted by Crippen LogP contribution is -2.40. The first-order chi connectivity index (χ1) is 13.3. The fourth-order valence-corrected chi connectivity index (χ4v) is 4.52. The van der Waals surface area contributed by atoms with Gasteiger partial charge in [0.15, 0.2) is 0 Å². The monoisotopic (exact) mass is 408 g/mol. The molecule has 0 atom stereocenters. The van der Waals surface area contributed by atoms with Crippen molar-refractivity contribution in [3.05, 3.63) is 59.4 Å². The molecular weight excluding hydrogens is 387 g/mol. The van der Waals surface area contributed by atoms with E-state index in [2.05, 4.69) is 5.32 Å². The van der Waals surface area contributed by atoms with Crippen molar-refractivity contribution < 1.29 is 27.8 Å². The van der Waals surface area contributed by atoms with E-state index in [0.29, 0.717) is 12.8 Å². The number of nitrogens with one attached hydrogen (secondary N) is 1. The number of piperidine rings is 1. The lowest BCUT2D eigenvalue weighted by molar-refractivity contribution is 0.102. The molecule has 1 heterocycles. The molecule has 2 aromatic rings. The van der Waals surface area contributed by atoms with Gasteiger partial charge in [0.1, 0.15) is 5.82 Å². The van der Waals surface area contributed by atoms with E-state index in [-0.39, 0.29) is 34.8 Å². The van der Waals surface area contributed by atoms with Gasteiger partial charge in [-0.1, -0.05) is 6.07 Å². The van der Waals surface area contributed by atoms with Crippen LogP contribution in [0.25, 0.3) is 0 Å². The summed E-state index contributed by atoms with van der Waals surface area (Å²) in [5.41, 5.74) is 0.461. The van der Waals surface area contributed by atoms with Crippen LogP contribution in [0.15, 0.2) is 47.4 Å². The van der Waals surface area contributed by atoms with Gasteiger partial charge in [-0.2, -0.15) is 4.31 Å². The van der Waals surface area contributed by atoms with Crippen LogP contribution >= 0.6 is 0 Å². The van der Waals surface area contributed by atoms with Gasteiger partial charge in [0.2, 0.25) is 10.0 Å². The molecule has 3 rings (SSSR count). The number of carbonyl (C=O) groups excluding carboxylic acids is 1. The normalized spacial score (nSPS) is 16.1. The topological polar surface area (TPSA) is 107 Å².